The van der Waals surface area contributed by atoms with Crippen LogP contribution in [-0.4, -0.2) is 9.93 Å². The minimum Gasteiger partial charge on any atom is -0.387 e. The molecular weight excluding hydrogens is 276 g/mol. The van der Waals surface area contributed by atoms with Gasteiger partial charge in [0.2, 0.25) is 0 Å². The van der Waals surface area contributed by atoms with Gasteiger partial charge in [-0.3, -0.25) is 0 Å². The lowest BCUT2D eigenvalue weighted by Gasteiger charge is -2.25. The van der Waals surface area contributed by atoms with Crippen molar-refractivity contribution in [1.29, 1.82) is 0 Å². The van der Waals surface area contributed by atoms with E-state index in [9.17, 15) is 5.11 Å². The van der Waals surface area contributed by atoms with Crippen molar-refractivity contribution in [1.82, 2.24) is 0 Å². The second-order valence-corrected chi connectivity index (χ2v) is 7.34. The van der Waals surface area contributed by atoms with E-state index in [0.29, 0.717) is 0 Å². The fraction of sp³-hybridized carbons (Fsp3) is 0.600. The average molecular weight is 299 g/mol. The fourth-order valence-corrected chi connectivity index (χ4v) is 2.37. The Kier molecular flexibility index (Phi) is 4.43. The van der Waals surface area contributed by atoms with E-state index >= 15 is 0 Å². The van der Waals surface area contributed by atoms with Gasteiger partial charge >= 0.3 is 0 Å². The molecule has 0 aliphatic rings. The minimum absolute atomic E-state index is 0.0698. The van der Waals surface area contributed by atoms with E-state index in [1.54, 1.807) is 0 Å². The Morgan fingerprint density at radius 3 is 1.82 bits per heavy atom. The summed E-state index contributed by atoms with van der Waals surface area (Å²) in [6.45, 7) is 12.8. The maximum atomic E-state index is 10.2. The minimum atomic E-state index is -0.441. The number of aliphatic hydroxyl groups excluding tert-OH is 1. The topological polar surface area (TPSA) is 20.2 Å². The Hall–Kier alpha value is -0.340. The first-order valence-electron chi connectivity index (χ1n) is 6.08. The van der Waals surface area contributed by atoms with Crippen LogP contribution in [0.2, 0.25) is 0 Å². The molecule has 96 valence electrons. The summed E-state index contributed by atoms with van der Waals surface area (Å²) in [5.74, 6) is 0. The van der Waals surface area contributed by atoms with Crippen molar-refractivity contribution < 1.29 is 5.11 Å². The monoisotopic (exact) mass is 298 g/mol. The summed E-state index contributed by atoms with van der Waals surface area (Å²) in [7, 11) is 0. The van der Waals surface area contributed by atoms with E-state index in [0.717, 1.165) is 5.56 Å². The molecule has 0 saturated heterocycles. The highest BCUT2D eigenvalue weighted by atomic mass is 79.9. The van der Waals surface area contributed by atoms with Gasteiger partial charge in [-0.2, -0.15) is 0 Å². The molecule has 0 aliphatic heterocycles. The predicted molar refractivity (Wildman–Crippen MR) is 78.0 cm³/mol. The average Bonchev–Trinajstić information content (AvgIpc) is 2.14. The molecular formula is C15H23BrO. The Balaban J connectivity index is 3.29. The van der Waals surface area contributed by atoms with Crippen LogP contribution in [-0.2, 0) is 5.41 Å². The van der Waals surface area contributed by atoms with Crippen molar-refractivity contribution in [2.45, 2.75) is 57.9 Å². The van der Waals surface area contributed by atoms with Gasteiger partial charge < -0.3 is 5.11 Å². The molecule has 0 fully saturated rings. The van der Waals surface area contributed by atoms with E-state index in [4.69, 9.17) is 0 Å². The molecule has 0 amide bonds. The van der Waals surface area contributed by atoms with Crippen LogP contribution in [0.3, 0.4) is 0 Å². The molecule has 0 aromatic heterocycles. The van der Waals surface area contributed by atoms with Crippen LogP contribution in [0.25, 0.3) is 0 Å². The zero-order valence-corrected chi connectivity index (χ0v) is 13.2. The number of alkyl halides is 1. The van der Waals surface area contributed by atoms with E-state index in [-0.39, 0.29) is 10.2 Å². The normalized spacial score (nSPS) is 15.8. The van der Waals surface area contributed by atoms with Crippen LogP contribution < -0.4 is 0 Å². The summed E-state index contributed by atoms with van der Waals surface area (Å²) in [5.41, 5.74) is 4.88. The molecule has 1 nitrogen and oxygen atoms in total. The van der Waals surface area contributed by atoms with Crippen LogP contribution in [0.1, 0.15) is 56.1 Å². The van der Waals surface area contributed by atoms with Crippen molar-refractivity contribution in [3.63, 3.8) is 0 Å². The molecule has 0 saturated carbocycles. The van der Waals surface area contributed by atoms with Gasteiger partial charge in [-0.15, -0.1) is 0 Å². The maximum absolute atomic E-state index is 10.2. The van der Waals surface area contributed by atoms with Gasteiger partial charge in [-0.25, -0.2) is 0 Å². The van der Waals surface area contributed by atoms with E-state index < -0.39 is 6.10 Å². The molecule has 0 radical (unpaired) electrons. The first-order chi connectivity index (χ1) is 7.64. The number of halogens is 1. The van der Waals surface area contributed by atoms with Crippen LogP contribution in [0.5, 0.6) is 0 Å². The highest BCUT2D eigenvalue weighted by Gasteiger charge is 2.21. The van der Waals surface area contributed by atoms with E-state index in [2.05, 4.69) is 62.7 Å². The van der Waals surface area contributed by atoms with Gasteiger partial charge in [0.25, 0.3) is 0 Å². The number of rotatable bonds is 2. The van der Waals surface area contributed by atoms with E-state index in [1.807, 2.05) is 6.92 Å². The lowest BCUT2D eigenvalue weighted by atomic mass is 9.83. The third-order valence-corrected chi connectivity index (χ3v) is 3.69. The number of aryl methyl sites for hydroxylation is 2. The Morgan fingerprint density at radius 1 is 1.12 bits per heavy atom. The lowest BCUT2D eigenvalue weighted by molar-refractivity contribution is 0.180. The molecule has 1 N–H and O–H groups in total. The number of benzene rings is 1. The number of hydrogen-bond donors (Lipinski definition) is 1. The molecule has 17 heavy (non-hydrogen) atoms. The maximum Gasteiger partial charge on any atom is 0.0917 e. The molecule has 2 atom stereocenters. The summed E-state index contributed by atoms with van der Waals surface area (Å²) < 4.78 is 0. The summed E-state index contributed by atoms with van der Waals surface area (Å²) in [6, 6.07) is 4.39. The second-order valence-electron chi connectivity index (χ2n) is 5.90. The van der Waals surface area contributed by atoms with E-state index in [1.165, 1.54) is 16.7 Å². The number of hydrogen-bond acceptors (Lipinski definition) is 1. The second kappa shape index (κ2) is 5.11. The van der Waals surface area contributed by atoms with Crippen molar-refractivity contribution in [3.05, 3.63) is 34.4 Å². The van der Waals surface area contributed by atoms with Gasteiger partial charge in [0, 0.05) is 4.83 Å². The highest BCUT2D eigenvalue weighted by molar-refractivity contribution is 9.09. The fourth-order valence-electron chi connectivity index (χ4n) is 2.10. The number of aliphatic hydroxyl groups is 1. The molecule has 2 heteroatoms. The Bertz CT molecular complexity index is 379. The Labute approximate surface area is 113 Å². The van der Waals surface area contributed by atoms with Gasteiger partial charge in [0.05, 0.1) is 6.10 Å². The molecule has 0 spiro atoms. The van der Waals surface area contributed by atoms with Gasteiger partial charge in [0.15, 0.2) is 0 Å². The van der Waals surface area contributed by atoms with Gasteiger partial charge in [-0.1, -0.05) is 48.8 Å². The van der Waals surface area contributed by atoms with Crippen LogP contribution >= 0.6 is 15.9 Å². The predicted octanol–water partition coefficient (Wildman–Crippen LogP) is 4.42. The first kappa shape index (κ1) is 14.7. The molecule has 0 aliphatic carbocycles. The van der Waals surface area contributed by atoms with Gasteiger partial charge in [0.1, 0.15) is 0 Å². The van der Waals surface area contributed by atoms with Crippen molar-refractivity contribution in [3.8, 4) is 0 Å². The Morgan fingerprint density at radius 2 is 1.53 bits per heavy atom. The summed E-state index contributed by atoms with van der Waals surface area (Å²) in [6.07, 6.45) is -0.441. The first-order valence-corrected chi connectivity index (χ1v) is 7.00. The van der Waals surface area contributed by atoms with Crippen molar-refractivity contribution in [2.75, 3.05) is 0 Å². The largest absolute Gasteiger partial charge is 0.387 e. The standard InChI is InChI=1S/C15H23BrO/c1-9-7-12(15(4,5)6)8-10(2)13(9)14(17)11(3)16/h7-8,11,14,17H,1-6H3. The van der Waals surface area contributed by atoms with Crippen molar-refractivity contribution in [2.24, 2.45) is 0 Å². The summed E-state index contributed by atoms with van der Waals surface area (Å²) in [5, 5.41) is 10.2. The lowest BCUT2D eigenvalue weighted by Crippen LogP contribution is -2.15. The SMILES string of the molecule is Cc1cc(C(C)(C)C)cc(C)c1C(O)C(C)Br. The summed E-state index contributed by atoms with van der Waals surface area (Å²) in [4.78, 5) is 0.0698. The van der Waals surface area contributed by atoms with Crippen LogP contribution in [0.4, 0.5) is 0 Å². The molecule has 0 heterocycles. The van der Waals surface area contributed by atoms with Crippen LogP contribution in [0.15, 0.2) is 12.1 Å². The highest BCUT2D eigenvalue weighted by Crippen LogP contribution is 2.32. The third-order valence-electron chi connectivity index (χ3n) is 3.19. The van der Waals surface area contributed by atoms with Crippen LogP contribution in [0, 0.1) is 13.8 Å². The zero-order valence-electron chi connectivity index (χ0n) is 11.6. The van der Waals surface area contributed by atoms with Gasteiger partial charge in [-0.05, 0) is 48.4 Å². The van der Waals surface area contributed by atoms with Crippen molar-refractivity contribution >= 4 is 15.9 Å². The molecule has 1 aromatic carbocycles. The molecule has 1 rings (SSSR count). The summed E-state index contributed by atoms with van der Waals surface area (Å²) >= 11 is 3.45. The molecule has 0 bridgehead atoms. The molecule has 2 unspecified atom stereocenters. The zero-order chi connectivity index (χ0) is 13.4. The quantitative estimate of drug-likeness (QED) is 0.802. The third kappa shape index (κ3) is 3.32. The smallest absolute Gasteiger partial charge is 0.0917 e. The molecule has 1 aromatic rings.